The number of amides is 1. The van der Waals surface area contributed by atoms with Gasteiger partial charge in [-0.1, -0.05) is 40.6 Å². The number of anilines is 1. The molecule has 2 N–H and O–H groups in total. The molecule has 0 saturated carbocycles. The normalized spacial score (nSPS) is 13.2. The van der Waals surface area contributed by atoms with Crippen LogP contribution in [-0.2, 0) is 13.0 Å². The smallest absolute Gasteiger partial charge is 0.270 e. The molecule has 0 bridgehead atoms. The van der Waals surface area contributed by atoms with Gasteiger partial charge in [0.05, 0.1) is 6.54 Å². The lowest BCUT2D eigenvalue weighted by Crippen LogP contribution is -2.34. The number of carbonyl (C=O) groups excluding carboxylic acids is 1. The van der Waals surface area contributed by atoms with Gasteiger partial charge in [-0.2, -0.15) is 0 Å². The second-order valence-corrected chi connectivity index (χ2v) is 5.74. The molecule has 1 amide bonds. The minimum atomic E-state index is -0.178. The Kier molecular flexibility index (Phi) is 3.85. The summed E-state index contributed by atoms with van der Waals surface area (Å²) in [7, 11) is 0. The molecule has 2 aromatic heterocycles. The van der Waals surface area contributed by atoms with Crippen LogP contribution in [0.3, 0.4) is 0 Å². The van der Waals surface area contributed by atoms with Crippen molar-refractivity contribution in [3.8, 4) is 11.4 Å². The van der Waals surface area contributed by atoms with Gasteiger partial charge in [-0.25, -0.2) is 14.6 Å². The zero-order valence-corrected chi connectivity index (χ0v) is 13.6. The summed E-state index contributed by atoms with van der Waals surface area (Å²) in [5, 5.41) is 13.7. The van der Waals surface area contributed by atoms with Crippen molar-refractivity contribution in [3.63, 3.8) is 0 Å². The van der Waals surface area contributed by atoms with Crippen LogP contribution in [0.1, 0.15) is 27.4 Å². The maximum absolute atomic E-state index is 12.2. The standard InChI is InChI=1S/C17H16N6O2/c1-10-13(23-25-22-10)9-19-16-12-7-8-18-17(24)14(12)20-15(21-16)11-5-3-2-4-6-11/h2-6H,7-9H2,1H3,(H,18,24)(H,19,20,21). The van der Waals surface area contributed by atoms with E-state index in [1.54, 1.807) is 0 Å². The van der Waals surface area contributed by atoms with Crippen molar-refractivity contribution < 1.29 is 9.42 Å². The molecule has 0 saturated heterocycles. The number of benzene rings is 1. The van der Waals surface area contributed by atoms with Crippen LogP contribution in [0, 0.1) is 6.92 Å². The Labute approximate surface area is 143 Å². The minimum Gasteiger partial charge on any atom is -0.364 e. The maximum atomic E-state index is 12.2. The van der Waals surface area contributed by atoms with Crippen molar-refractivity contribution in [1.82, 2.24) is 25.6 Å². The number of nitrogens with one attached hydrogen (secondary N) is 2. The Morgan fingerprint density at radius 2 is 2.04 bits per heavy atom. The SMILES string of the molecule is Cc1nonc1CNc1nc(-c2ccccc2)nc2c1CCNC2=O. The van der Waals surface area contributed by atoms with Gasteiger partial charge in [-0.05, 0) is 13.3 Å². The molecule has 0 radical (unpaired) electrons. The first-order valence-corrected chi connectivity index (χ1v) is 7.99. The van der Waals surface area contributed by atoms with E-state index < -0.39 is 0 Å². The number of aromatic nitrogens is 4. The summed E-state index contributed by atoms with van der Waals surface area (Å²) in [5.41, 5.74) is 3.51. The molecule has 3 aromatic rings. The quantitative estimate of drug-likeness (QED) is 0.747. The van der Waals surface area contributed by atoms with Crippen molar-refractivity contribution >= 4 is 11.7 Å². The van der Waals surface area contributed by atoms with Crippen molar-refractivity contribution in [3.05, 3.63) is 53.0 Å². The summed E-state index contributed by atoms with van der Waals surface area (Å²) in [4.78, 5) is 21.4. The summed E-state index contributed by atoms with van der Waals surface area (Å²) < 4.78 is 4.72. The van der Waals surface area contributed by atoms with Crippen LogP contribution in [-0.4, -0.2) is 32.7 Å². The van der Waals surface area contributed by atoms with Crippen molar-refractivity contribution in [1.29, 1.82) is 0 Å². The Morgan fingerprint density at radius 1 is 1.20 bits per heavy atom. The molecular formula is C17H16N6O2. The molecule has 0 atom stereocenters. The number of hydrogen-bond acceptors (Lipinski definition) is 7. The largest absolute Gasteiger partial charge is 0.364 e. The first-order valence-electron chi connectivity index (χ1n) is 7.99. The van der Waals surface area contributed by atoms with E-state index in [-0.39, 0.29) is 5.91 Å². The van der Waals surface area contributed by atoms with Crippen molar-refractivity contribution in [2.75, 3.05) is 11.9 Å². The molecule has 1 aliphatic heterocycles. The molecule has 0 aliphatic carbocycles. The molecular weight excluding hydrogens is 320 g/mol. The van der Waals surface area contributed by atoms with E-state index in [9.17, 15) is 4.79 Å². The topological polar surface area (TPSA) is 106 Å². The summed E-state index contributed by atoms with van der Waals surface area (Å²) in [6.45, 7) is 2.81. The Bertz CT molecular complexity index is 922. The first-order chi connectivity index (χ1) is 12.2. The lowest BCUT2D eigenvalue weighted by atomic mass is 10.1. The second kappa shape index (κ2) is 6.31. The molecule has 4 rings (SSSR count). The highest BCUT2D eigenvalue weighted by Gasteiger charge is 2.24. The van der Waals surface area contributed by atoms with E-state index in [4.69, 9.17) is 4.63 Å². The van der Waals surface area contributed by atoms with Crippen LogP contribution in [0.25, 0.3) is 11.4 Å². The third kappa shape index (κ3) is 2.93. The number of fused-ring (bicyclic) bond motifs is 1. The van der Waals surface area contributed by atoms with Gasteiger partial charge < -0.3 is 10.6 Å². The second-order valence-electron chi connectivity index (χ2n) is 5.74. The highest BCUT2D eigenvalue weighted by atomic mass is 16.6. The molecule has 0 fully saturated rings. The summed E-state index contributed by atoms with van der Waals surface area (Å²) in [5.74, 6) is 0.971. The van der Waals surface area contributed by atoms with Gasteiger partial charge in [0.2, 0.25) is 0 Å². The molecule has 3 heterocycles. The van der Waals surface area contributed by atoms with Crippen LogP contribution >= 0.6 is 0 Å². The zero-order valence-electron chi connectivity index (χ0n) is 13.6. The third-order valence-corrected chi connectivity index (χ3v) is 4.08. The molecule has 0 spiro atoms. The van der Waals surface area contributed by atoms with Crippen LogP contribution in [0.2, 0.25) is 0 Å². The van der Waals surface area contributed by atoms with E-state index in [2.05, 4.69) is 30.9 Å². The lowest BCUT2D eigenvalue weighted by Gasteiger charge is -2.20. The zero-order chi connectivity index (χ0) is 17.2. The third-order valence-electron chi connectivity index (χ3n) is 4.08. The van der Waals surface area contributed by atoms with Crippen LogP contribution < -0.4 is 10.6 Å². The first kappa shape index (κ1) is 15.3. The highest BCUT2D eigenvalue weighted by molar-refractivity contribution is 5.96. The molecule has 25 heavy (non-hydrogen) atoms. The van der Waals surface area contributed by atoms with Crippen LogP contribution in [0.5, 0.6) is 0 Å². The monoisotopic (exact) mass is 336 g/mol. The molecule has 0 unspecified atom stereocenters. The van der Waals surface area contributed by atoms with Crippen LogP contribution in [0.4, 0.5) is 5.82 Å². The Hall–Kier alpha value is -3.29. The van der Waals surface area contributed by atoms with Gasteiger partial charge in [0.25, 0.3) is 5.91 Å². The van der Waals surface area contributed by atoms with Gasteiger partial charge in [-0.3, -0.25) is 4.79 Å². The van der Waals surface area contributed by atoms with Gasteiger partial charge in [-0.15, -0.1) is 0 Å². The Balaban J connectivity index is 1.74. The minimum absolute atomic E-state index is 0.178. The molecule has 8 nitrogen and oxygen atoms in total. The summed E-state index contributed by atoms with van der Waals surface area (Å²) in [6.07, 6.45) is 0.675. The van der Waals surface area contributed by atoms with Crippen molar-refractivity contribution in [2.45, 2.75) is 19.9 Å². The molecule has 1 aromatic carbocycles. The number of nitrogens with zero attached hydrogens (tertiary/aromatic N) is 4. The van der Waals surface area contributed by atoms with E-state index in [0.29, 0.717) is 42.5 Å². The van der Waals surface area contributed by atoms with E-state index in [1.165, 1.54) is 0 Å². The fourth-order valence-electron chi connectivity index (χ4n) is 2.73. The fraction of sp³-hybridized carbons (Fsp3) is 0.235. The van der Waals surface area contributed by atoms with E-state index in [0.717, 1.165) is 16.8 Å². The fourth-order valence-corrected chi connectivity index (χ4v) is 2.73. The van der Waals surface area contributed by atoms with Gasteiger partial charge >= 0.3 is 0 Å². The number of aryl methyl sites for hydroxylation is 1. The average Bonchev–Trinajstić information content (AvgIpc) is 3.06. The number of carbonyl (C=O) groups is 1. The van der Waals surface area contributed by atoms with Gasteiger partial charge in [0, 0.05) is 17.7 Å². The number of hydrogen-bond donors (Lipinski definition) is 2. The highest BCUT2D eigenvalue weighted by Crippen LogP contribution is 2.25. The average molecular weight is 336 g/mol. The summed E-state index contributed by atoms with van der Waals surface area (Å²) in [6, 6.07) is 9.58. The Morgan fingerprint density at radius 3 is 2.80 bits per heavy atom. The maximum Gasteiger partial charge on any atom is 0.270 e. The lowest BCUT2D eigenvalue weighted by molar-refractivity contribution is 0.0940. The predicted octanol–water partition coefficient (Wildman–Crippen LogP) is 1.73. The molecule has 1 aliphatic rings. The predicted molar refractivity (Wildman–Crippen MR) is 89.9 cm³/mol. The molecule has 126 valence electrons. The van der Waals surface area contributed by atoms with Crippen molar-refractivity contribution in [2.24, 2.45) is 0 Å². The number of rotatable bonds is 4. The molecule has 8 heteroatoms. The van der Waals surface area contributed by atoms with E-state index >= 15 is 0 Å². The summed E-state index contributed by atoms with van der Waals surface area (Å²) >= 11 is 0. The van der Waals surface area contributed by atoms with E-state index in [1.807, 2.05) is 37.3 Å². The van der Waals surface area contributed by atoms with Gasteiger partial charge in [0.15, 0.2) is 5.82 Å². The van der Waals surface area contributed by atoms with Gasteiger partial charge in [0.1, 0.15) is 22.9 Å². The van der Waals surface area contributed by atoms with Crippen LogP contribution in [0.15, 0.2) is 35.0 Å².